The van der Waals surface area contributed by atoms with Crippen LogP contribution in [0, 0.1) is 0 Å². The van der Waals surface area contributed by atoms with Crippen molar-refractivity contribution in [1.29, 1.82) is 0 Å². The molecule has 0 saturated carbocycles. The number of hydrogen-bond donors (Lipinski definition) is 0. The van der Waals surface area contributed by atoms with Crippen LogP contribution in [0.5, 0.6) is 0 Å². The minimum absolute atomic E-state index is 0.0535. The maximum atomic E-state index is 11.9. The van der Waals surface area contributed by atoms with Crippen LogP contribution >= 0.6 is 0 Å². The van der Waals surface area contributed by atoms with Crippen LogP contribution in [0.4, 0.5) is 0 Å². The molecule has 284 valence electrons. The first-order valence-electron chi connectivity index (χ1n) is 19.6. The minimum Gasteiger partial charge on any atom is -0.463 e. The first-order chi connectivity index (χ1) is 24.4. The lowest BCUT2D eigenvalue weighted by molar-refractivity contribution is -0.145. The number of ether oxygens (including phenoxy) is 5. The SMILES string of the molecule is CCCCCCCCCCCCCCCC(=O)OCCOCCOCCOCCOCCO[Si](c1ccccc1)(c1ccccc1)C(C)(C)C. The molecule has 0 bridgehead atoms. The summed E-state index contributed by atoms with van der Waals surface area (Å²) in [6.45, 7) is 13.8. The molecule has 0 spiro atoms. The third-order valence-electron chi connectivity index (χ3n) is 9.05. The number of carbonyl (C=O) groups excluding carboxylic acids is 1. The molecule has 0 aliphatic carbocycles. The highest BCUT2D eigenvalue weighted by molar-refractivity contribution is 6.99. The van der Waals surface area contributed by atoms with E-state index in [0.29, 0.717) is 72.5 Å². The van der Waals surface area contributed by atoms with Crippen LogP contribution in [0.1, 0.15) is 118 Å². The van der Waals surface area contributed by atoms with Crippen LogP contribution in [0.15, 0.2) is 60.7 Å². The van der Waals surface area contributed by atoms with Gasteiger partial charge in [-0.25, -0.2) is 0 Å². The molecular formula is C42H70O7Si. The summed E-state index contributed by atoms with van der Waals surface area (Å²) in [5, 5.41) is 2.49. The van der Waals surface area contributed by atoms with Gasteiger partial charge in [0, 0.05) is 6.42 Å². The molecule has 2 aromatic carbocycles. The average molecular weight is 715 g/mol. The third kappa shape index (κ3) is 19.0. The van der Waals surface area contributed by atoms with Crippen LogP contribution in [0.25, 0.3) is 0 Å². The van der Waals surface area contributed by atoms with E-state index in [0.717, 1.165) is 12.8 Å². The third-order valence-corrected chi connectivity index (χ3v) is 14.1. The topological polar surface area (TPSA) is 72.5 Å². The Labute approximate surface area is 306 Å². The molecule has 0 aliphatic heterocycles. The fourth-order valence-electron chi connectivity index (χ4n) is 6.35. The standard InChI is InChI=1S/C42H70O7Si/c1-5-6-7-8-9-10-11-12-13-14-15-16-23-28-41(43)48-37-35-46-33-31-44-29-30-45-32-34-47-36-38-49-50(42(2,3)4,39-24-19-17-20-25-39)40-26-21-18-22-27-40/h17-22,24-27H,5-16,23,28-38H2,1-4H3. The summed E-state index contributed by atoms with van der Waals surface area (Å²) in [6, 6.07) is 21.3. The summed E-state index contributed by atoms with van der Waals surface area (Å²) < 4.78 is 34.7. The minimum atomic E-state index is -2.54. The van der Waals surface area contributed by atoms with Gasteiger partial charge in [-0.1, -0.05) is 165 Å². The fourth-order valence-corrected chi connectivity index (χ4v) is 10.9. The van der Waals surface area contributed by atoms with Crippen molar-refractivity contribution in [2.45, 2.75) is 123 Å². The van der Waals surface area contributed by atoms with Crippen molar-refractivity contribution in [3.05, 3.63) is 60.7 Å². The van der Waals surface area contributed by atoms with Gasteiger partial charge in [-0.05, 0) is 21.8 Å². The Morgan fingerprint density at radius 3 is 1.26 bits per heavy atom. The largest absolute Gasteiger partial charge is 0.463 e. The zero-order valence-corrected chi connectivity index (χ0v) is 33.1. The Balaban J connectivity index is 1.38. The van der Waals surface area contributed by atoms with Crippen LogP contribution in [0.2, 0.25) is 5.04 Å². The summed E-state index contributed by atoms with van der Waals surface area (Å²) in [7, 11) is -2.54. The van der Waals surface area contributed by atoms with E-state index >= 15 is 0 Å². The molecule has 0 heterocycles. The van der Waals surface area contributed by atoms with Gasteiger partial charge in [0.05, 0.1) is 59.5 Å². The number of rotatable bonds is 32. The fraction of sp³-hybridized carbons (Fsp3) is 0.690. The molecule has 2 rings (SSSR count). The van der Waals surface area contributed by atoms with E-state index in [1.165, 1.54) is 81.0 Å². The molecule has 0 aliphatic rings. The van der Waals surface area contributed by atoms with E-state index in [-0.39, 0.29) is 11.0 Å². The second-order valence-corrected chi connectivity index (χ2v) is 18.5. The Kier molecular flexibility index (Phi) is 25.1. The van der Waals surface area contributed by atoms with Crippen molar-refractivity contribution >= 4 is 24.7 Å². The smallest absolute Gasteiger partial charge is 0.305 e. The Morgan fingerprint density at radius 2 is 0.860 bits per heavy atom. The van der Waals surface area contributed by atoms with Gasteiger partial charge < -0.3 is 28.1 Å². The van der Waals surface area contributed by atoms with Crippen molar-refractivity contribution < 1.29 is 32.9 Å². The van der Waals surface area contributed by atoms with Gasteiger partial charge in [0.25, 0.3) is 8.32 Å². The molecule has 0 atom stereocenters. The summed E-state index contributed by atoms with van der Waals surface area (Å²) >= 11 is 0. The molecule has 7 nitrogen and oxygen atoms in total. The number of unbranched alkanes of at least 4 members (excludes halogenated alkanes) is 12. The van der Waals surface area contributed by atoms with Crippen molar-refractivity contribution in [3.63, 3.8) is 0 Å². The lowest BCUT2D eigenvalue weighted by Gasteiger charge is -2.43. The first kappa shape index (κ1) is 44.1. The van der Waals surface area contributed by atoms with Crippen molar-refractivity contribution in [1.82, 2.24) is 0 Å². The highest BCUT2D eigenvalue weighted by Gasteiger charge is 2.50. The highest BCUT2D eigenvalue weighted by Crippen LogP contribution is 2.36. The maximum absolute atomic E-state index is 11.9. The van der Waals surface area contributed by atoms with Gasteiger partial charge >= 0.3 is 5.97 Å². The van der Waals surface area contributed by atoms with Crippen LogP contribution in [-0.4, -0.2) is 80.4 Å². The van der Waals surface area contributed by atoms with Crippen LogP contribution in [-0.2, 0) is 32.9 Å². The van der Waals surface area contributed by atoms with Gasteiger partial charge in [0.2, 0.25) is 0 Å². The highest BCUT2D eigenvalue weighted by atomic mass is 28.4. The quantitative estimate of drug-likeness (QED) is 0.0427. The van der Waals surface area contributed by atoms with Crippen LogP contribution < -0.4 is 10.4 Å². The van der Waals surface area contributed by atoms with E-state index in [9.17, 15) is 4.79 Å². The van der Waals surface area contributed by atoms with Crippen LogP contribution in [0.3, 0.4) is 0 Å². The lowest BCUT2D eigenvalue weighted by atomic mass is 10.0. The van der Waals surface area contributed by atoms with E-state index < -0.39 is 8.32 Å². The molecule has 50 heavy (non-hydrogen) atoms. The van der Waals surface area contributed by atoms with E-state index in [4.69, 9.17) is 28.1 Å². The summed E-state index contributed by atoms with van der Waals surface area (Å²) in [5.41, 5.74) is 0. The normalized spacial score (nSPS) is 12.0. The predicted molar refractivity (Wildman–Crippen MR) is 208 cm³/mol. The molecule has 0 aromatic heterocycles. The summed E-state index contributed by atoms with van der Waals surface area (Å²) in [5.74, 6) is -0.124. The second-order valence-electron chi connectivity index (χ2n) is 14.2. The lowest BCUT2D eigenvalue weighted by Crippen LogP contribution is -2.66. The molecule has 0 radical (unpaired) electrons. The molecule has 2 aromatic rings. The first-order valence-corrected chi connectivity index (χ1v) is 21.5. The van der Waals surface area contributed by atoms with Gasteiger partial charge in [0.15, 0.2) is 0 Å². The van der Waals surface area contributed by atoms with E-state index in [1.807, 2.05) is 0 Å². The number of esters is 1. The number of benzene rings is 2. The monoisotopic (exact) mass is 714 g/mol. The molecule has 8 heteroatoms. The molecule has 0 amide bonds. The summed E-state index contributed by atoms with van der Waals surface area (Å²) in [4.78, 5) is 11.9. The van der Waals surface area contributed by atoms with E-state index in [2.05, 4.69) is 88.4 Å². The molecular weight excluding hydrogens is 645 g/mol. The molecule has 0 saturated heterocycles. The number of hydrogen-bond acceptors (Lipinski definition) is 7. The van der Waals surface area contributed by atoms with Crippen molar-refractivity contribution in [2.24, 2.45) is 0 Å². The zero-order valence-electron chi connectivity index (χ0n) is 32.1. The van der Waals surface area contributed by atoms with Gasteiger partial charge in [-0.15, -0.1) is 0 Å². The predicted octanol–water partition coefficient (Wildman–Crippen LogP) is 8.65. The van der Waals surface area contributed by atoms with Gasteiger partial charge in [-0.3, -0.25) is 4.79 Å². The summed E-state index contributed by atoms with van der Waals surface area (Å²) in [6.07, 6.45) is 17.4. The molecule has 0 unspecified atom stereocenters. The van der Waals surface area contributed by atoms with Gasteiger partial charge in [-0.2, -0.15) is 0 Å². The molecule has 0 N–H and O–H groups in total. The van der Waals surface area contributed by atoms with Gasteiger partial charge in [0.1, 0.15) is 6.61 Å². The van der Waals surface area contributed by atoms with E-state index in [1.54, 1.807) is 0 Å². The second kappa shape index (κ2) is 28.5. The van der Waals surface area contributed by atoms with Crippen molar-refractivity contribution in [3.8, 4) is 0 Å². The van der Waals surface area contributed by atoms with Crippen molar-refractivity contribution in [2.75, 3.05) is 66.1 Å². The Bertz CT molecular complexity index is 1020. The Morgan fingerprint density at radius 1 is 0.500 bits per heavy atom. The average Bonchev–Trinajstić information content (AvgIpc) is 3.12. The molecule has 0 fully saturated rings. The number of carbonyl (C=O) groups is 1. The maximum Gasteiger partial charge on any atom is 0.305 e. The zero-order chi connectivity index (χ0) is 36.0. The Hall–Kier alpha value is -2.07.